The van der Waals surface area contributed by atoms with Crippen LogP contribution in [-0.2, 0) is 24.3 Å². The van der Waals surface area contributed by atoms with Crippen molar-refractivity contribution in [3.8, 4) is 0 Å². The molecule has 1 fully saturated rings. The van der Waals surface area contributed by atoms with Gasteiger partial charge in [0.05, 0.1) is 30.2 Å². The van der Waals surface area contributed by atoms with E-state index >= 15 is 0 Å². The Morgan fingerprint density at radius 1 is 1.07 bits per heavy atom. The zero-order valence-electron chi connectivity index (χ0n) is 15.4. The summed E-state index contributed by atoms with van der Waals surface area (Å²) in [6.07, 6.45) is 0.728. The first-order chi connectivity index (χ1) is 12.8. The van der Waals surface area contributed by atoms with Crippen LogP contribution in [0.15, 0.2) is 23.1 Å². The van der Waals surface area contributed by atoms with Crippen molar-refractivity contribution in [1.29, 1.82) is 0 Å². The molecule has 0 spiro atoms. The predicted molar refractivity (Wildman–Crippen MR) is 94.7 cm³/mol. The number of carbonyl (C=O) groups is 3. The van der Waals surface area contributed by atoms with E-state index in [1.807, 2.05) is 0 Å². The summed E-state index contributed by atoms with van der Waals surface area (Å²) in [6, 6.07) is 3.63. The lowest BCUT2D eigenvalue weighted by molar-refractivity contribution is -0.125. The largest absolute Gasteiger partial charge is 0.465 e. The molecule has 1 heterocycles. The van der Waals surface area contributed by atoms with Gasteiger partial charge in [-0.1, -0.05) is 0 Å². The molecule has 0 atom stereocenters. The fourth-order valence-electron chi connectivity index (χ4n) is 2.96. The average Bonchev–Trinajstić information content (AvgIpc) is 2.71. The van der Waals surface area contributed by atoms with Gasteiger partial charge in [0.15, 0.2) is 0 Å². The van der Waals surface area contributed by atoms with Crippen LogP contribution in [0.1, 0.15) is 33.6 Å². The van der Waals surface area contributed by atoms with Crippen LogP contribution in [0.25, 0.3) is 0 Å². The van der Waals surface area contributed by atoms with E-state index in [-0.39, 0.29) is 40.9 Å². The fraction of sp³-hybridized carbons (Fsp3) is 0.471. The van der Waals surface area contributed by atoms with Crippen LogP contribution in [0.4, 0.5) is 0 Å². The van der Waals surface area contributed by atoms with Crippen molar-refractivity contribution >= 4 is 27.9 Å². The van der Waals surface area contributed by atoms with Gasteiger partial charge in [0.25, 0.3) is 0 Å². The van der Waals surface area contributed by atoms with Crippen LogP contribution in [-0.4, -0.2) is 64.9 Å². The number of benzene rings is 1. The Bertz CT molecular complexity index is 843. The molecule has 1 aromatic carbocycles. The lowest BCUT2D eigenvalue weighted by Crippen LogP contribution is -2.42. The van der Waals surface area contributed by atoms with Crippen LogP contribution in [0.3, 0.4) is 0 Å². The summed E-state index contributed by atoms with van der Waals surface area (Å²) in [5.41, 5.74) is -0.164. The number of sulfonamides is 1. The number of nitrogens with one attached hydrogen (secondary N) is 1. The first kappa shape index (κ1) is 20.8. The molecule has 1 aliphatic heterocycles. The van der Waals surface area contributed by atoms with Crippen molar-refractivity contribution in [2.24, 2.45) is 5.92 Å². The molecule has 0 aromatic heterocycles. The van der Waals surface area contributed by atoms with Crippen molar-refractivity contribution in [3.05, 3.63) is 29.3 Å². The Morgan fingerprint density at radius 3 is 2.19 bits per heavy atom. The zero-order valence-corrected chi connectivity index (χ0v) is 16.2. The Hall–Kier alpha value is -2.46. The van der Waals surface area contributed by atoms with Gasteiger partial charge in [-0.15, -0.1) is 0 Å². The van der Waals surface area contributed by atoms with Crippen molar-refractivity contribution in [3.63, 3.8) is 0 Å². The van der Waals surface area contributed by atoms with Crippen LogP contribution >= 0.6 is 0 Å². The third-order valence-electron chi connectivity index (χ3n) is 4.50. The zero-order chi connectivity index (χ0) is 20.2. The molecule has 0 unspecified atom stereocenters. The number of amides is 1. The second-order valence-corrected chi connectivity index (χ2v) is 7.89. The van der Waals surface area contributed by atoms with Gasteiger partial charge < -0.3 is 14.8 Å². The summed E-state index contributed by atoms with van der Waals surface area (Å²) < 4.78 is 36.7. The molecule has 0 aliphatic carbocycles. The first-order valence-electron chi connectivity index (χ1n) is 8.28. The Balaban J connectivity index is 2.40. The minimum Gasteiger partial charge on any atom is -0.465 e. The second-order valence-electron chi connectivity index (χ2n) is 5.99. The van der Waals surface area contributed by atoms with Gasteiger partial charge in [0, 0.05) is 26.1 Å². The number of methoxy groups -OCH3 is 2. The normalized spacial score (nSPS) is 15.8. The van der Waals surface area contributed by atoms with Crippen LogP contribution in [0, 0.1) is 5.92 Å². The van der Waals surface area contributed by atoms with Gasteiger partial charge in [0.1, 0.15) is 0 Å². The van der Waals surface area contributed by atoms with Crippen LogP contribution in [0.5, 0.6) is 0 Å². The highest BCUT2D eigenvalue weighted by Crippen LogP contribution is 2.27. The van der Waals surface area contributed by atoms with Gasteiger partial charge >= 0.3 is 11.9 Å². The van der Waals surface area contributed by atoms with E-state index < -0.39 is 22.0 Å². The quantitative estimate of drug-likeness (QED) is 0.713. The highest BCUT2D eigenvalue weighted by molar-refractivity contribution is 7.89. The summed E-state index contributed by atoms with van der Waals surface area (Å²) in [5.74, 6) is -1.94. The molecule has 2 rings (SSSR count). The molecule has 10 heteroatoms. The molecule has 0 radical (unpaired) electrons. The predicted octanol–water partition coefficient (Wildman–Crippen LogP) is 0.406. The summed E-state index contributed by atoms with van der Waals surface area (Å²) in [4.78, 5) is 35.2. The van der Waals surface area contributed by atoms with Crippen molar-refractivity contribution in [1.82, 2.24) is 9.62 Å². The van der Waals surface area contributed by atoms with Gasteiger partial charge in [-0.05, 0) is 31.0 Å². The van der Waals surface area contributed by atoms with E-state index in [0.717, 1.165) is 13.2 Å². The van der Waals surface area contributed by atoms with E-state index in [1.165, 1.54) is 30.6 Å². The standard InChI is InChI=1S/C17H22N2O7S/c1-18-15(20)11-6-8-19(9-7-11)27(23,24)14-10-12(16(21)25-2)4-5-13(14)17(22)26-3/h4-5,10-11H,6-9H2,1-3H3,(H,18,20). The summed E-state index contributed by atoms with van der Waals surface area (Å²) in [6.45, 7) is 0.257. The summed E-state index contributed by atoms with van der Waals surface area (Å²) in [5, 5.41) is 2.56. The van der Waals surface area contributed by atoms with E-state index in [2.05, 4.69) is 14.8 Å². The highest BCUT2D eigenvalue weighted by Gasteiger charge is 2.34. The number of hydrogen-bond acceptors (Lipinski definition) is 7. The van der Waals surface area contributed by atoms with Gasteiger partial charge in [0.2, 0.25) is 15.9 Å². The van der Waals surface area contributed by atoms with Gasteiger partial charge in [-0.2, -0.15) is 4.31 Å². The lowest BCUT2D eigenvalue weighted by atomic mass is 9.97. The van der Waals surface area contributed by atoms with E-state index in [1.54, 1.807) is 0 Å². The molecular weight excluding hydrogens is 376 g/mol. The molecule has 1 aromatic rings. The topological polar surface area (TPSA) is 119 Å². The smallest absolute Gasteiger partial charge is 0.339 e. The molecule has 9 nitrogen and oxygen atoms in total. The third-order valence-corrected chi connectivity index (χ3v) is 6.44. The number of nitrogens with zero attached hydrogens (tertiary/aromatic N) is 1. The summed E-state index contributed by atoms with van der Waals surface area (Å²) in [7, 11) is -0.225. The molecule has 27 heavy (non-hydrogen) atoms. The third kappa shape index (κ3) is 4.28. The number of esters is 2. The highest BCUT2D eigenvalue weighted by atomic mass is 32.2. The summed E-state index contributed by atoms with van der Waals surface area (Å²) >= 11 is 0. The molecule has 148 valence electrons. The SMILES string of the molecule is CNC(=O)C1CCN(S(=O)(=O)c2cc(C(=O)OC)ccc2C(=O)OC)CC1. The van der Waals surface area contributed by atoms with Crippen LogP contribution in [0.2, 0.25) is 0 Å². The molecule has 1 aliphatic rings. The molecular formula is C17H22N2O7S. The molecule has 0 saturated carbocycles. The molecule has 1 saturated heterocycles. The minimum atomic E-state index is -4.07. The maximum Gasteiger partial charge on any atom is 0.339 e. The molecule has 1 N–H and O–H groups in total. The Kier molecular flexibility index (Phi) is 6.55. The molecule has 1 amide bonds. The maximum absolute atomic E-state index is 13.1. The number of ether oxygens (including phenoxy) is 2. The Labute approximate surface area is 157 Å². The first-order valence-corrected chi connectivity index (χ1v) is 9.72. The van der Waals surface area contributed by atoms with Gasteiger partial charge in [-0.3, -0.25) is 4.79 Å². The fourth-order valence-corrected chi connectivity index (χ4v) is 4.64. The van der Waals surface area contributed by atoms with Crippen molar-refractivity contribution in [2.75, 3.05) is 34.4 Å². The maximum atomic E-state index is 13.1. The van der Waals surface area contributed by atoms with Crippen molar-refractivity contribution in [2.45, 2.75) is 17.7 Å². The number of rotatable bonds is 5. The number of hydrogen-bond donors (Lipinski definition) is 1. The van der Waals surface area contributed by atoms with E-state index in [4.69, 9.17) is 0 Å². The monoisotopic (exact) mass is 398 g/mol. The van der Waals surface area contributed by atoms with Crippen LogP contribution < -0.4 is 5.32 Å². The Morgan fingerprint density at radius 2 is 1.67 bits per heavy atom. The lowest BCUT2D eigenvalue weighted by Gasteiger charge is -2.30. The number of carbonyl (C=O) groups excluding carboxylic acids is 3. The number of piperidine rings is 1. The van der Waals surface area contributed by atoms with Crippen molar-refractivity contribution < 1.29 is 32.3 Å². The van der Waals surface area contributed by atoms with E-state index in [0.29, 0.717) is 12.8 Å². The minimum absolute atomic E-state index is 0.00368. The second kappa shape index (κ2) is 8.49. The molecule has 0 bridgehead atoms. The average molecular weight is 398 g/mol. The van der Waals surface area contributed by atoms with Gasteiger partial charge in [-0.25, -0.2) is 18.0 Å². The van der Waals surface area contributed by atoms with E-state index in [9.17, 15) is 22.8 Å².